The number of nitro benzene ring substituents is 1. The van der Waals surface area contributed by atoms with Crippen molar-refractivity contribution < 1.29 is 24.7 Å². The van der Waals surface area contributed by atoms with Gasteiger partial charge in [-0.25, -0.2) is 0 Å². The van der Waals surface area contributed by atoms with Crippen LogP contribution in [0.4, 0.5) is 5.69 Å². The van der Waals surface area contributed by atoms with Crippen molar-refractivity contribution in [2.45, 2.75) is 18.8 Å². The van der Waals surface area contributed by atoms with Crippen LogP contribution in [0.15, 0.2) is 36.1 Å². The molecule has 0 radical (unpaired) electrons. The Morgan fingerprint density at radius 2 is 1.83 bits per heavy atom. The van der Waals surface area contributed by atoms with E-state index in [1.54, 1.807) is 0 Å². The van der Waals surface area contributed by atoms with Gasteiger partial charge in [0.15, 0.2) is 5.76 Å². The highest BCUT2D eigenvalue weighted by molar-refractivity contribution is 6.16. The summed E-state index contributed by atoms with van der Waals surface area (Å²) < 4.78 is 5.82. The Kier molecular flexibility index (Phi) is 4.71. The van der Waals surface area contributed by atoms with Crippen LogP contribution in [0.5, 0.6) is 17.2 Å². The summed E-state index contributed by atoms with van der Waals surface area (Å²) in [7, 11) is 2.03. The smallest absolute Gasteiger partial charge is 0.269 e. The van der Waals surface area contributed by atoms with Gasteiger partial charge in [-0.15, -0.1) is 0 Å². The van der Waals surface area contributed by atoms with Gasteiger partial charge in [0, 0.05) is 23.8 Å². The fraction of sp³-hybridized carbons (Fsp3) is 0.286. The monoisotopic (exact) mass is 396 g/mol. The van der Waals surface area contributed by atoms with Crippen molar-refractivity contribution in [1.82, 2.24) is 4.90 Å². The van der Waals surface area contributed by atoms with Crippen LogP contribution in [0.1, 0.15) is 40.2 Å². The van der Waals surface area contributed by atoms with E-state index in [2.05, 4.69) is 4.90 Å². The first kappa shape index (κ1) is 18.9. The number of benzene rings is 2. The first-order chi connectivity index (χ1) is 13.8. The molecule has 0 saturated carbocycles. The number of piperidine rings is 1. The Labute approximate surface area is 166 Å². The van der Waals surface area contributed by atoms with Crippen LogP contribution < -0.4 is 4.74 Å². The van der Waals surface area contributed by atoms with Crippen molar-refractivity contribution in [3.63, 3.8) is 0 Å². The molecule has 0 aliphatic carbocycles. The topological polar surface area (TPSA) is 113 Å². The van der Waals surface area contributed by atoms with Gasteiger partial charge in [0.1, 0.15) is 22.8 Å². The number of nitro groups is 1. The number of nitrogens with zero attached hydrogens (tertiary/aromatic N) is 2. The molecule has 8 heteroatoms. The molecule has 150 valence electrons. The Hall–Kier alpha value is -3.39. The van der Waals surface area contributed by atoms with E-state index in [4.69, 9.17) is 4.74 Å². The Balaban J connectivity index is 1.71. The number of carbonyl (C=O) groups is 1. The Morgan fingerprint density at radius 1 is 1.17 bits per heavy atom. The summed E-state index contributed by atoms with van der Waals surface area (Å²) in [4.78, 5) is 25.3. The number of allylic oxidation sites excluding steroid dienone is 1. The lowest BCUT2D eigenvalue weighted by Gasteiger charge is -2.30. The first-order valence-electron chi connectivity index (χ1n) is 9.31. The van der Waals surface area contributed by atoms with Crippen molar-refractivity contribution in [3.8, 4) is 17.2 Å². The minimum absolute atomic E-state index is 0.00364. The summed E-state index contributed by atoms with van der Waals surface area (Å²) in [6.07, 6.45) is 3.08. The van der Waals surface area contributed by atoms with Crippen LogP contribution in [-0.4, -0.2) is 46.0 Å². The number of carbonyl (C=O) groups excluding carboxylic acids is 1. The molecule has 2 aliphatic heterocycles. The van der Waals surface area contributed by atoms with E-state index < -0.39 is 10.7 Å². The molecular formula is C21H20N2O6. The summed E-state index contributed by atoms with van der Waals surface area (Å²) >= 11 is 0. The predicted molar refractivity (Wildman–Crippen MR) is 105 cm³/mol. The Morgan fingerprint density at radius 3 is 2.45 bits per heavy atom. The number of phenols is 2. The van der Waals surface area contributed by atoms with Gasteiger partial charge in [-0.05, 0) is 62.7 Å². The molecule has 2 heterocycles. The van der Waals surface area contributed by atoms with Crippen LogP contribution in [-0.2, 0) is 0 Å². The van der Waals surface area contributed by atoms with E-state index in [1.807, 2.05) is 7.05 Å². The number of fused-ring (bicyclic) bond motifs is 1. The van der Waals surface area contributed by atoms with Crippen molar-refractivity contribution in [2.75, 3.05) is 20.1 Å². The second-order valence-corrected chi connectivity index (χ2v) is 7.40. The fourth-order valence-electron chi connectivity index (χ4n) is 3.88. The second-order valence-electron chi connectivity index (χ2n) is 7.40. The number of ether oxygens (including phenoxy) is 1. The van der Waals surface area contributed by atoms with E-state index in [1.165, 1.54) is 36.4 Å². The molecule has 2 aromatic rings. The van der Waals surface area contributed by atoms with Crippen LogP contribution in [0, 0.1) is 10.1 Å². The summed E-state index contributed by atoms with van der Waals surface area (Å²) in [5.74, 6) is -0.664. The van der Waals surface area contributed by atoms with Crippen molar-refractivity contribution in [3.05, 3.63) is 62.9 Å². The van der Waals surface area contributed by atoms with Crippen LogP contribution in [0.25, 0.3) is 6.08 Å². The van der Waals surface area contributed by atoms with E-state index in [9.17, 15) is 25.1 Å². The number of aromatic hydroxyl groups is 2. The van der Waals surface area contributed by atoms with Crippen LogP contribution in [0.2, 0.25) is 0 Å². The second kappa shape index (κ2) is 7.21. The highest BCUT2D eigenvalue weighted by atomic mass is 16.6. The molecule has 2 aromatic carbocycles. The van der Waals surface area contributed by atoms with Gasteiger partial charge < -0.3 is 19.8 Å². The molecular weight excluding hydrogens is 376 g/mol. The molecule has 0 atom stereocenters. The quantitative estimate of drug-likeness (QED) is 0.464. The zero-order valence-electron chi connectivity index (χ0n) is 15.8. The highest BCUT2D eigenvalue weighted by Crippen LogP contribution is 2.49. The summed E-state index contributed by atoms with van der Waals surface area (Å²) in [5.41, 5.74) is 1.09. The number of likely N-dealkylation sites (tertiary alicyclic amines) is 1. The van der Waals surface area contributed by atoms with Gasteiger partial charge in [0.05, 0.1) is 4.92 Å². The fourth-order valence-corrected chi connectivity index (χ4v) is 3.88. The van der Waals surface area contributed by atoms with E-state index in [-0.39, 0.29) is 40.2 Å². The van der Waals surface area contributed by atoms with E-state index in [0.29, 0.717) is 11.1 Å². The van der Waals surface area contributed by atoms with Crippen molar-refractivity contribution >= 4 is 17.5 Å². The maximum absolute atomic E-state index is 12.8. The Bertz CT molecular complexity index is 1020. The number of rotatable bonds is 3. The molecule has 0 spiro atoms. The number of non-ortho nitro benzene ring substituents is 1. The third kappa shape index (κ3) is 3.42. The maximum Gasteiger partial charge on any atom is 0.269 e. The van der Waals surface area contributed by atoms with Gasteiger partial charge in [-0.1, -0.05) is 0 Å². The van der Waals surface area contributed by atoms with Gasteiger partial charge in [-0.3, -0.25) is 14.9 Å². The minimum Gasteiger partial charge on any atom is -0.507 e. The SMILES string of the molecule is CN1CCC(c2c(O)cc(O)c3c2O/C(=C\c2ccc([N+](=O)[O-])cc2)C3=O)CC1. The van der Waals surface area contributed by atoms with Gasteiger partial charge in [-0.2, -0.15) is 0 Å². The number of Topliss-reactive ketones (excluding diaryl/α,β-unsaturated/α-hetero) is 1. The lowest BCUT2D eigenvalue weighted by atomic mass is 9.86. The standard InChI is InChI=1S/C21H20N2O6/c1-22-8-6-13(7-9-22)18-15(24)11-16(25)19-20(26)17(29-21(18)19)10-12-2-4-14(5-3-12)23(27)28/h2-5,10-11,13,24-25H,6-9H2,1H3/b17-10-. The van der Waals surface area contributed by atoms with Crippen LogP contribution in [0.3, 0.4) is 0 Å². The molecule has 0 amide bonds. The normalized spacial score (nSPS) is 18.7. The van der Waals surface area contributed by atoms with E-state index in [0.717, 1.165) is 25.9 Å². The number of phenolic OH excluding ortho intramolecular Hbond substituents is 2. The third-order valence-electron chi connectivity index (χ3n) is 5.47. The first-order valence-corrected chi connectivity index (χ1v) is 9.31. The summed E-state index contributed by atoms with van der Waals surface area (Å²) in [6.45, 7) is 1.72. The number of hydrogen-bond acceptors (Lipinski definition) is 7. The van der Waals surface area contributed by atoms with Gasteiger partial charge in [0.25, 0.3) is 5.69 Å². The molecule has 4 rings (SSSR count). The zero-order valence-corrected chi connectivity index (χ0v) is 15.8. The lowest BCUT2D eigenvalue weighted by molar-refractivity contribution is -0.384. The molecule has 8 nitrogen and oxygen atoms in total. The highest BCUT2D eigenvalue weighted by Gasteiger charge is 2.37. The molecule has 1 saturated heterocycles. The summed E-state index contributed by atoms with van der Waals surface area (Å²) in [6, 6.07) is 6.90. The van der Waals surface area contributed by atoms with Crippen molar-refractivity contribution in [2.24, 2.45) is 0 Å². The summed E-state index contributed by atoms with van der Waals surface area (Å²) in [5, 5.41) is 31.5. The zero-order chi connectivity index (χ0) is 20.7. The molecule has 0 bridgehead atoms. The molecule has 0 unspecified atom stereocenters. The van der Waals surface area contributed by atoms with E-state index >= 15 is 0 Å². The van der Waals surface area contributed by atoms with Crippen LogP contribution >= 0.6 is 0 Å². The third-order valence-corrected chi connectivity index (χ3v) is 5.47. The average molecular weight is 396 g/mol. The van der Waals surface area contributed by atoms with Crippen molar-refractivity contribution in [1.29, 1.82) is 0 Å². The molecule has 2 aliphatic rings. The number of hydrogen-bond donors (Lipinski definition) is 2. The minimum atomic E-state index is -0.501. The van der Waals surface area contributed by atoms with Gasteiger partial charge in [0.2, 0.25) is 5.78 Å². The molecule has 0 aromatic heterocycles. The lowest BCUT2D eigenvalue weighted by Crippen LogP contribution is -2.29. The molecule has 29 heavy (non-hydrogen) atoms. The maximum atomic E-state index is 12.8. The van der Waals surface area contributed by atoms with Gasteiger partial charge >= 0.3 is 0 Å². The number of ketones is 1. The molecule has 1 fully saturated rings. The predicted octanol–water partition coefficient (Wildman–Crippen LogP) is 3.43. The average Bonchev–Trinajstić information content (AvgIpc) is 3.00. The molecule has 2 N–H and O–H groups in total. The largest absolute Gasteiger partial charge is 0.507 e.